The van der Waals surface area contributed by atoms with Crippen LogP contribution in [0.25, 0.3) is 0 Å². The molecule has 0 radical (unpaired) electrons. The average Bonchev–Trinajstić information content (AvgIpc) is 2.52. The van der Waals surface area contributed by atoms with Crippen LogP contribution in [0.4, 0.5) is 23.5 Å². The molecule has 0 bridgehead atoms. The predicted molar refractivity (Wildman–Crippen MR) is 90.7 cm³/mol. The molecule has 0 spiro atoms. The van der Waals surface area contributed by atoms with Crippen molar-refractivity contribution in [2.75, 3.05) is 16.4 Å². The van der Waals surface area contributed by atoms with E-state index in [2.05, 4.69) is 32.2 Å². The van der Waals surface area contributed by atoms with Crippen LogP contribution < -0.4 is 16.4 Å². The van der Waals surface area contributed by atoms with Gasteiger partial charge in [-0.1, -0.05) is 43.0 Å². The number of nitrogens with zero attached hydrogens (tertiary/aromatic N) is 3. The van der Waals surface area contributed by atoms with Gasteiger partial charge in [-0.05, 0) is 25.1 Å². The summed E-state index contributed by atoms with van der Waals surface area (Å²) in [4.78, 5) is 12.5. The van der Waals surface area contributed by atoms with Crippen molar-refractivity contribution in [3.63, 3.8) is 0 Å². The molecule has 2 rings (SSSR count). The lowest BCUT2D eigenvalue weighted by molar-refractivity contribution is 1.07. The van der Waals surface area contributed by atoms with Crippen molar-refractivity contribution in [1.29, 1.82) is 0 Å². The van der Waals surface area contributed by atoms with E-state index in [4.69, 9.17) is 5.73 Å². The first-order valence-electron chi connectivity index (χ1n) is 6.77. The standard InChI is InChI=1S/C16H18N6/c1-3-5-9-12(4-2)18-15-20-14(17)21-16(22-15)19-13-10-7-6-8-11-13/h3-11H,1H2,2H3,(H4,17,18,19,20,21,22)/b9-5-,12-4+. The van der Waals surface area contributed by atoms with Crippen LogP contribution in [0.3, 0.4) is 0 Å². The molecule has 0 unspecified atom stereocenters. The van der Waals surface area contributed by atoms with Crippen molar-refractivity contribution < 1.29 is 0 Å². The molecule has 1 aromatic carbocycles. The zero-order valence-electron chi connectivity index (χ0n) is 12.3. The molecule has 0 saturated heterocycles. The van der Waals surface area contributed by atoms with Gasteiger partial charge in [-0.2, -0.15) is 15.0 Å². The molecule has 0 amide bonds. The second-order valence-electron chi connectivity index (χ2n) is 4.30. The second-order valence-corrected chi connectivity index (χ2v) is 4.30. The Bertz CT molecular complexity index is 691. The van der Waals surface area contributed by atoms with E-state index < -0.39 is 0 Å². The Kier molecular flexibility index (Phi) is 5.25. The number of anilines is 4. The topological polar surface area (TPSA) is 88.8 Å². The van der Waals surface area contributed by atoms with Crippen LogP contribution in [0.15, 0.2) is 66.9 Å². The van der Waals surface area contributed by atoms with Crippen LogP contribution in [-0.4, -0.2) is 15.0 Å². The van der Waals surface area contributed by atoms with Gasteiger partial charge in [0.25, 0.3) is 0 Å². The molecule has 0 fully saturated rings. The number of rotatable bonds is 6. The first-order chi connectivity index (χ1) is 10.7. The summed E-state index contributed by atoms with van der Waals surface area (Å²) in [6.07, 6.45) is 7.26. The van der Waals surface area contributed by atoms with Crippen molar-refractivity contribution in [2.24, 2.45) is 0 Å². The van der Waals surface area contributed by atoms with Crippen LogP contribution in [0.1, 0.15) is 6.92 Å². The number of nitrogens with two attached hydrogens (primary N) is 1. The average molecular weight is 294 g/mol. The maximum Gasteiger partial charge on any atom is 0.233 e. The quantitative estimate of drug-likeness (QED) is 0.709. The summed E-state index contributed by atoms with van der Waals surface area (Å²) >= 11 is 0. The molecule has 2 aromatic rings. The molecule has 112 valence electrons. The normalized spacial score (nSPS) is 11.4. The Hall–Kier alpha value is -3.15. The zero-order valence-corrected chi connectivity index (χ0v) is 12.3. The maximum atomic E-state index is 5.73. The highest BCUT2D eigenvalue weighted by Gasteiger charge is 2.05. The first kappa shape index (κ1) is 15.2. The highest BCUT2D eigenvalue weighted by atomic mass is 15.2. The molecule has 0 aliphatic carbocycles. The molecule has 6 heteroatoms. The molecular formula is C16H18N6. The third kappa shape index (κ3) is 4.45. The van der Waals surface area contributed by atoms with Crippen molar-refractivity contribution in [1.82, 2.24) is 15.0 Å². The Morgan fingerprint density at radius 3 is 2.55 bits per heavy atom. The zero-order chi connectivity index (χ0) is 15.8. The van der Waals surface area contributed by atoms with Crippen molar-refractivity contribution >= 4 is 23.5 Å². The Labute approximate surface area is 129 Å². The van der Waals surface area contributed by atoms with Crippen molar-refractivity contribution in [3.05, 3.63) is 66.9 Å². The fourth-order valence-corrected chi connectivity index (χ4v) is 1.67. The molecule has 0 saturated carbocycles. The minimum absolute atomic E-state index is 0.138. The number of allylic oxidation sites excluding steroid dienone is 4. The Morgan fingerprint density at radius 2 is 1.86 bits per heavy atom. The number of para-hydroxylation sites is 1. The van der Waals surface area contributed by atoms with Gasteiger partial charge >= 0.3 is 0 Å². The van der Waals surface area contributed by atoms with Gasteiger partial charge in [0.05, 0.1) is 0 Å². The van der Waals surface area contributed by atoms with Gasteiger partial charge in [0.2, 0.25) is 17.8 Å². The summed E-state index contributed by atoms with van der Waals surface area (Å²) in [5.41, 5.74) is 7.44. The summed E-state index contributed by atoms with van der Waals surface area (Å²) in [5, 5.41) is 6.16. The highest BCUT2D eigenvalue weighted by Crippen LogP contribution is 2.15. The minimum Gasteiger partial charge on any atom is -0.368 e. The Morgan fingerprint density at radius 1 is 1.14 bits per heavy atom. The van der Waals surface area contributed by atoms with Gasteiger partial charge in [-0.3, -0.25) is 0 Å². The SMILES string of the molecule is C=C/C=C\C(=C/C)Nc1nc(N)nc(Nc2ccccc2)n1. The van der Waals surface area contributed by atoms with E-state index in [9.17, 15) is 0 Å². The molecule has 22 heavy (non-hydrogen) atoms. The summed E-state index contributed by atoms with van der Waals surface area (Å²) in [5.74, 6) is 0.885. The summed E-state index contributed by atoms with van der Waals surface area (Å²) in [6.45, 7) is 5.54. The summed E-state index contributed by atoms with van der Waals surface area (Å²) in [6, 6.07) is 9.60. The summed E-state index contributed by atoms with van der Waals surface area (Å²) in [7, 11) is 0. The van der Waals surface area contributed by atoms with Gasteiger partial charge in [0.15, 0.2) is 0 Å². The maximum absolute atomic E-state index is 5.73. The Balaban J connectivity index is 2.19. The lowest BCUT2D eigenvalue weighted by Crippen LogP contribution is -2.08. The van der Waals surface area contributed by atoms with E-state index >= 15 is 0 Å². The minimum atomic E-state index is 0.138. The van der Waals surface area contributed by atoms with Gasteiger partial charge in [0.1, 0.15) is 0 Å². The van der Waals surface area contributed by atoms with Gasteiger partial charge in [0, 0.05) is 11.4 Å². The fourth-order valence-electron chi connectivity index (χ4n) is 1.67. The van der Waals surface area contributed by atoms with E-state index in [1.54, 1.807) is 6.08 Å². The lowest BCUT2D eigenvalue weighted by Gasteiger charge is -2.09. The smallest absolute Gasteiger partial charge is 0.233 e. The molecule has 6 nitrogen and oxygen atoms in total. The number of nitrogen functional groups attached to an aromatic ring is 1. The lowest BCUT2D eigenvalue weighted by atomic mass is 10.3. The van der Waals surface area contributed by atoms with Gasteiger partial charge in [-0.15, -0.1) is 0 Å². The van der Waals surface area contributed by atoms with Crippen LogP contribution in [-0.2, 0) is 0 Å². The van der Waals surface area contributed by atoms with Crippen molar-refractivity contribution in [2.45, 2.75) is 6.92 Å². The highest BCUT2D eigenvalue weighted by molar-refractivity contribution is 5.55. The molecule has 0 aliphatic heterocycles. The van der Waals surface area contributed by atoms with Crippen molar-refractivity contribution in [3.8, 4) is 0 Å². The molecule has 1 heterocycles. The van der Waals surface area contributed by atoms with Gasteiger partial charge < -0.3 is 16.4 Å². The van der Waals surface area contributed by atoms with Gasteiger partial charge in [-0.25, -0.2) is 0 Å². The van der Waals surface area contributed by atoms with Crippen LogP contribution in [0.2, 0.25) is 0 Å². The third-order valence-electron chi connectivity index (χ3n) is 2.66. The largest absolute Gasteiger partial charge is 0.368 e. The van der Waals surface area contributed by atoms with Crippen LogP contribution in [0, 0.1) is 0 Å². The molecular weight excluding hydrogens is 276 g/mol. The second kappa shape index (κ2) is 7.58. The van der Waals surface area contributed by atoms with E-state index in [1.807, 2.05) is 55.5 Å². The number of hydrogen-bond acceptors (Lipinski definition) is 6. The molecule has 4 N–H and O–H groups in total. The van der Waals surface area contributed by atoms with E-state index in [0.29, 0.717) is 11.9 Å². The fraction of sp³-hybridized carbons (Fsp3) is 0.0625. The number of nitrogens with one attached hydrogen (secondary N) is 2. The predicted octanol–water partition coefficient (Wildman–Crippen LogP) is 3.26. The number of benzene rings is 1. The number of aromatic nitrogens is 3. The van der Waals surface area contributed by atoms with E-state index in [-0.39, 0.29) is 5.95 Å². The number of hydrogen-bond donors (Lipinski definition) is 3. The van der Waals surface area contributed by atoms with Crippen LogP contribution in [0.5, 0.6) is 0 Å². The molecule has 0 atom stereocenters. The van der Waals surface area contributed by atoms with E-state index in [0.717, 1.165) is 11.4 Å². The van der Waals surface area contributed by atoms with E-state index in [1.165, 1.54) is 0 Å². The molecule has 1 aromatic heterocycles. The monoisotopic (exact) mass is 294 g/mol. The first-order valence-corrected chi connectivity index (χ1v) is 6.77. The van der Waals surface area contributed by atoms with Crippen LogP contribution >= 0.6 is 0 Å². The summed E-state index contributed by atoms with van der Waals surface area (Å²) < 4.78 is 0. The third-order valence-corrected chi connectivity index (χ3v) is 2.66. The molecule has 0 aliphatic rings.